The number of hydrogen-bond donors (Lipinski definition) is 6. The van der Waals surface area contributed by atoms with Crippen molar-refractivity contribution in [1.82, 2.24) is 20.8 Å². The molecule has 0 aliphatic heterocycles. The Labute approximate surface area is 211 Å². The Morgan fingerprint density at radius 3 is 1.52 bits per heavy atom. The van der Waals surface area contributed by atoms with Crippen LogP contribution >= 0.6 is 24.4 Å². The van der Waals surface area contributed by atoms with Gasteiger partial charge >= 0.3 is 17.1 Å². The van der Waals surface area contributed by atoms with Crippen LogP contribution in [0.5, 0.6) is 11.5 Å². The van der Waals surface area contributed by atoms with Gasteiger partial charge in [0.15, 0.2) is 10.2 Å². The molecular formula is C18H26MnN8O4S2+4. The minimum atomic E-state index is -0.201. The number of nitrogens with zero attached hydrogens (tertiary/aromatic N) is 4. The zero-order chi connectivity index (χ0) is 24.3. The summed E-state index contributed by atoms with van der Waals surface area (Å²) < 4.78 is 0. The first-order chi connectivity index (χ1) is 15.1. The van der Waals surface area contributed by atoms with Crippen LogP contribution in [-0.2, 0) is 30.3 Å². The summed E-state index contributed by atoms with van der Waals surface area (Å²) in [6.07, 6.45) is 5.80. The minimum Gasteiger partial charge on any atom is -0.592 e. The molecule has 0 saturated carbocycles. The van der Waals surface area contributed by atoms with E-state index in [2.05, 4.69) is 55.5 Å². The topological polar surface area (TPSA) is 213 Å². The van der Waals surface area contributed by atoms with Gasteiger partial charge in [-0.2, -0.15) is 10.2 Å². The van der Waals surface area contributed by atoms with Gasteiger partial charge in [0.2, 0.25) is 0 Å². The molecule has 2 aromatic rings. The third-order valence-electron chi connectivity index (χ3n) is 3.86. The second-order valence-corrected chi connectivity index (χ2v) is 6.98. The molecule has 0 aromatic carbocycles. The molecule has 0 atom stereocenters. The van der Waals surface area contributed by atoms with Crippen LogP contribution in [-0.4, -0.2) is 53.0 Å². The van der Waals surface area contributed by atoms with Gasteiger partial charge < -0.3 is 31.9 Å². The van der Waals surface area contributed by atoms with Crippen molar-refractivity contribution in [1.29, 1.82) is 0 Å². The zero-order valence-corrected chi connectivity index (χ0v) is 20.6. The third kappa shape index (κ3) is 9.61. The second kappa shape index (κ2) is 15.0. The Kier molecular flexibility index (Phi) is 13.7. The average Bonchev–Trinajstić information content (AvgIpc) is 2.74. The number of rotatable bonds is 6. The third-order valence-corrected chi connectivity index (χ3v) is 4.04. The van der Waals surface area contributed by atoms with E-state index in [1.54, 1.807) is 13.8 Å². The van der Waals surface area contributed by atoms with E-state index in [-0.39, 0.29) is 52.0 Å². The molecule has 0 unspecified atom stereocenters. The quantitative estimate of drug-likeness (QED) is 0.0867. The van der Waals surface area contributed by atoms with E-state index in [0.29, 0.717) is 33.6 Å². The number of hydrazone groups is 2. The summed E-state index contributed by atoms with van der Waals surface area (Å²) in [5.74, 6) is 0.445. The average molecular weight is 538 g/mol. The summed E-state index contributed by atoms with van der Waals surface area (Å²) in [5, 5.41) is 41.3. The molecule has 12 N–H and O–H groups in total. The van der Waals surface area contributed by atoms with Crippen LogP contribution in [0, 0.1) is 13.8 Å². The number of aliphatic hydroxyl groups is 2. The first-order valence-corrected chi connectivity index (χ1v) is 9.72. The monoisotopic (exact) mass is 537 g/mol. The molecule has 0 aliphatic carbocycles. The van der Waals surface area contributed by atoms with Crippen LogP contribution in [0.15, 0.2) is 22.6 Å². The van der Waals surface area contributed by atoms with Crippen molar-refractivity contribution in [2.24, 2.45) is 21.7 Å². The van der Waals surface area contributed by atoms with Crippen LogP contribution in [0.2, 0.25) is 0 Å². The summed E-state index contributed by atoms with van der Waals surface area (Å²) in [5.41, 5.74) is 18.3. The van der Waals surface area contributed by atoms with Crippen LogP contribution in [0.4, 0.5) is 0 Å². The molecule has 33 heavy (non-hydrogen) atoms. The molecule has 1 radical (unpaired) electrons. The molecular weight excluding hydrogens is 511 g/mol. The van der Waals surface area contributed by atoms with Gasteiger partial charge in [0.25, 0.3) is 11.5 Å². The Bertz CT molecular complexity index is 955. The molecule has 0 fully saturated rings. The van der Waals surface area contributed by atoms with Gasteiger partial charge in [-0.3, -0.25) is 20.8 Å². The molecule has 0 bridgehead atoms. The number of thiocarbonyl (C=S) groups is 2. The van der Waals surface area contributed by atoms with Crippen LogP contribution in [0.3, 0.4) is 0 Å². The molecule has 177 valence electrons. The number of nitrogens with one attached hydrogen (secondary N) is 2. The standard InChI is InChI=1S/2C9H12N4O2S.Mn/c2*1-5-8(15)7(3-12-13-9(10)16)6(4-14)2-11-5;/h2*2-3,14-15H,4H2,1H3,(H3,10,13,16);/q;;+2/p+2. The Morgan fingerprint density at radius 2 is 1.24 bits per heavy atom. The zero-order valence-electron chi connectivity index (χ0n) is 17.8. The van der Waals surface area contributed by atoms with Gasteiger partial charge in [-0.05, 0) is 38.3 Å². The molecule has 2 heterocycles. The predicted octanol–water partition coefficient (Wildman–Crippen LogP) is -1.03. The molecule has 12 nitrogen and oxygen atoms in total. The Hall–Kier alpha value is -2.94. The van der Waals surface area contributed by atoms with E-state index >= 15 is 0 Å². The smallest absolute Gasteiger partial charge is 0.592 e. The van der Waals surface area contributed by atoms with Gasteiger partial charge in [0, 0.05) is 23.5 Å². The molecule has 0 aliphatic rings. The van der Waals surface area contributed by atoms with Gasteiger partial charge in [-0.15, -0.1) is 0 Å². The summed E-state index contributed by atoms with van der Waals surface area (Å²) >= 11 is 9.15. The van der Waals surface area contributed by atoms with E-state index in [1.165, 1.54) is 24.8 Å². The number of aliphatic hydroxyl groups excluding tert-OH is 2. The van der Waals surface area contributed by atoms with E-state index in [4.69, 9.17) is 31.9 Å². The first kappa shape index (κ1) is 30.1. The first-order valence-electron chi connectivity index (χ1n) is 8.91. The number of aromatic nitrogens is 2. The molecule has 0 amide bonds. The number of hydrogen-bond acceptors (Lipinski definition) is 8. The summed E-state index contributed by atoms with van der Waals surface area (Å²) in [6, 6.07) is 0. The number of pyridine rings is 2. The number of nitrogens with two attached hydrogens (primary N) is 2. The maximum absolute atomic E-state index is 9.09. The number of aryl methyl sites for hydroxylation is 2. The van der Waals surface area contributed by atoms with Gasteiger partial charge in [-0.1, -0.05) is 0 Å². The van der Waals surface area contributed by atoms with Crippen molar-refractivity contribution in [3.63, 3.8) is 0 Å². The maximum Gasteiger partial charge on any atom is 2.00 e. The maximum atomic E-state index is 9.09. The Balaban J connectivity index is 0.000000602. The van der Waals surface area contributed by atoms with Gasteiger partial charge in [0.05, 0.1) is 36.8 Å². The summed E-state index contributed by atoms with van der Waals surface area (Å²) in [7, 11) is 0. The van der Waals surface area contributed by atoms with Crippen LogP contribution in [0.25, 0.3) is 0 Å². The fraction of sp³-hybridized carbons (Fsp3) is 0.222. The summed E-state index contributed by atoms with van der Waals surface area (Å²) in [4.78, 5) is 7.95. The molecule has 15 heteroatoms. The van der Waals surface area contributed by atoms with E-state index in [0.717, 1.165) is 0 Å². The van der Waals surface area contributed by atoms with Crippen molar-refractivity contribution in [3.05, 3.63) is 46.0 Å². The van der Waals surface area contributed by atoms with Gasteiger partial charge in [0.1, 0.15) is 11.4 Å². The van der Waals surface area contributed by atoms with E-state index in [9.17, 15) is 0 Å². The van der Waals surface area contributed by atoms with Crippen molar-refractivity contribution >= 4 is 47.1 Å². The van der Waals surface area contributed by atoms with E-state index < -0.39 is 0 Å². The molecule has 2 rings (SSSR count). The molecule has 2 aromatic heterocycles. The summed E-state index contributed by atoms with van der Waals surface area (Å²) in [6.45, 7) is 3.02. The molecule has 0 saturated heterocycles. The predicted molar refractivity (Wildman–Crippen MR) is 131 cm³/mol. The van der Waals surface area contributed by atoms with E-state index in [1.807, 2.05) is 0 Å². The van der Waals surface area contributed by atoms with Crippen LogP contribution < -0.4 is 22.3 Å². The fourth-order valence-electron chi connectivity index (χ4n) is 2.20. The van der Waals surface area contributed by atoms with Crippen molar-refractivity contribution in [2.75, 3.05) is 0 Å². The second-order valence-electron chi connectivity index (χ2n) is 6.10. The van der Waals surface area contributed by atoms with Gasteiger partial charge in [-0.25, -0.2) is 0 Å². The van der Waals surface area contributed by atoms with Crippen LogP contribution in [0.1, 0.15) is 33.6 Å². The van der Waals surface area contributed by atoms with Crippen molar-refractivity contribution in [3.8, 4) is 11.5 Å². The Morgan fingerprint density at radius 1 is 0.909 bits per heavy atom. The minimum absolute atomic E-state index is 0. The molecule has 0 spiro atoms. The SMILES string of the molecule is Cc1ncc(CO)c(C=NNC(N)=S)c1[OH2+].Cc1ncc(CO)c(C=NNC(N)=S)c1[OH2+].[Mn+2]. The van der Waals surface area contributed by atoms with Crippen molar-refractivity contribution < 1.29 is 37.5 Å². The normalized spacial score (nSPS) is 10.3. The van der Waals surface area contributed by atoms with Crippen molar-refractivity contribution in [2.45, 2.75) is 27.1 Å². The largest absolute Gasteiger partial charge is 2.00 e. The fourth-order valence-corrected chi connectivity index (χ4v) is 2.30.